The van der Waals surface area contributed by atoms with Gasteiger partial charge in [0.25, 0.3) is 16.0 Å². The first-order valence-corrected chi connectivity index (χ1v) is 14.7. The molecule has 1 N–H and O–H groups in total. The molecule has 1 amide bonds. The number of carbonyl (C=O) groups excluding carboxylic acids is 1. The Morgan fingerprint density at radius 3 is 2.65 bits per heavy atom. The van der Waals surface area contributed by atoms with Gasteiger partial charge in [0.05, 0.1) is 28.0 Å². The molecule has 1 saturated heterocycles. The van der Waals surface area contributed by atoms with Gasteiger partial charge in [-0.3, -0.25) is 14.2 Å². The lowest BCUT2D eigenvalue weighted by Crippen LogP contribution is -2.32. The number of thiocarbonyl (C=S) groups is 1. The van der Waals surface area contributed by atoms with Gasteiger partial charge in [-0.2, -0.15) is 13.5 Å². The lowest BCUT2D eigenvalue weighted by molar-refractivity contribution is -0.121. The Labute approximate surface area is 230 Å². The Bertz CT molecular complexity index is 1460. The topological polar surface area (TPSA) is 102 Å². The normalized spacial score (nSPS) is 15.1. The van der Waals surface area contributed by atoms with Crippen LogP contribution >= 0.6 is 35.6 Å². The molecular weight excluding hydrogens is 554 g/mol. The van der Waals surface area contributed by atoms with Crippen LogP contribution in [-0.4, -0.2) is 56.8 Å². The molecule has 37 heavy (non-hydrogen) atoms. The highest BCUT2D eigenvalue weighted by atomic mass is 35.5. The van der Waals surface area contributed by atoms with E-state index >= 15 is 0 Å². The zero-order valence-electron chi connectivity index (χ0n) is 19.8. The maximum absolute atomic E-state index is 13.0. The van der Waals surface area contributed by atoms with Crippen molar-refractivity contribution in [3.63, 3.8) is 0 Å². The predicted molar refractivity (Wildman–Crippen MR) is 151 cm³/mol. The molecule has 0 spiro atoms. The Balaban J connectivity index is 1.70. The van der Waals surface area contributed by atoms with E-state index in [2.05, 4.69) is 6.92 Å². The Hall–Kier alpha value is -2.70. The van der Waals surface area contributed by atoms with Crippen LogP contribution < -0.4 is 4.74 Å². The molecule has 0 aliphatic carbocycles. The second-order valence-corrected chi connectivity index (χ2v) is 11.8. The van der Waals surface area contributed by atoms with Gasteiger partial charge in [-0.05, 0) is 42.8 Å². The molecule has 8 nitrogen and oxygen atoms in total. The van der Waals surface area contributed by atoms with Crippen molar-refractivity contribution in [2.75, 3.05) is 18.9 Å². The predicted octanol–water partition coefficient (Wildman–Crippen LogP) is 5.46. The zero-order valence-corrected chi connectivity index (χ0v) is 23.0. The molecule has 0 radical (unpaired) electrons. The molecular formula is C25H24ClN3O5S3. The third kappa shape index (κ3) is 6.79. The fourth-order valence-electron chi connectivity index (χ4n) is 3.56. The van der Waals surface area contributed by atoms with Crippen molar-refractivity contribution in [1.82, 2.24) is 14.7 Å². The smallest absolute Gasteiger partial charge is 0.266 e. The van der Waals surface area contributed by atoms with Gasteiger partial charge in [0.15, 0.2) is 0 Å². The van der Waals surface area contributed by atoms with Crippen LogP contribution in [0.1, 0.15) is 25.3 Å². The lowest BCUT2D eigenvalue weighted by Gasteiger charge is -2.12. The van der Waals surface area contributed by atoms with E-state index in [4.69, 9.17) is 38.2 Å². The van der Waals surface area contributed by atoms with Crippen LogP contribution in [0.5, 0.6) is 5.75 Å². The van der Waals surface area contributed by atoms with E-state index in [0.717, 1.165) is 35.9 Å². The highest BCUT2D eigenvalue weighted by molar-refractivity contribution is 8.26. The summed E-state index contributed by atoms with van der Waals surface area (Å²) in [5.74, 6) is -0.452. The van der Waals surface area contributed by atoms with E-state index in [1.54, 1.807) is 29.1 Å². The van der Waals surface area contributed by atoms with Crippen LogP contribution in [0.3, 0.4) is 0 Å². The summed E-state index contributed by atoms with van der Waals surface area (Å²) in [7, 11) is -4.24. The number of halogens is 1. The van der Waals surface area contributed by atoms with Crippen LogP contribution in [0, 0.1) is 0 Å². The maximum atomic E-state index is 13.0. The molecule has 1 aromatic heterocycles. The average Bonchev–Trinajstić information content (AvgIpc) is 3.39. The van der Waals surface area contributed by atoms with Crippen LogP contribution in [0.4, 0.5) is 0 Å². The number of hydrogen-bond acceptors (Lipinski definition) is 7. The minimum Gasteiger partial charge on any atom is -0.492 e. The van der Waals surface area contributed by atoms with Gasteiger partial charge in [-0.15, -0.1) is 0 Å². The number of thioether (sulfide) groups is 1. The molecule has 0 unspecified atom stereocenters. The van der Waals surface area contributed by atoms with Gasteiger partial charge < -0.3 is 4.74 Å². The Morgan fingerprint density at radius 1 is 1.22 bits per heavy atom. The molecule has 3 aromatic rings. The zero-order chi connectivity index (χ0) is 26.6. The van der Waals surface area contributed by atoms with Gasteiger partial charge in [-0.25, -0.2) is 4.68 Å². The molecule has 2 aromatic carbocycles. The van der Waals surface area contributed by atoms with E-state index in [9.17, 15) is 13.2 Å². The number of rotatable bonds is 10. The lowest BCUT2D eigenvalue weighted by atomic mass is 10.1. The quantitative estimate of drug-likeness (QED) is 0.147. The molecule has 1 aliphatic rings. The highest BCUT2D eigenvalue weighted by Gasteiger charge is 2.33. The highest BCUT2D eigenvalue weighted by Crippen LogP contribution is 2.36. The van der Waals surface area contributed by atoms with Crippen molar-refractivity contribution in [3.05, 3.63) is 70.2 Å². The summed E-state index contributed by atoms with van der Waals surface area (Å²) >= 11 is 12.9. The summed E-state index contributed by atoms with van der Waals surface area (Å²) in [5, 5.41) is 5.21. The van der Waals surface area contributed by atoms with Crippen LogP contribution in [-0.2, 0) is 14.9 Å². The van der Waals surface area contributed by atoms with Gasteiger partial charge in [0.1, 0.15) is 15.8 Å². The third-order valence-corrected chi connectivity index (χ3v) is 7.83. The van der Waals surface area contributed by atoms with Crippen LogP contribution in [0.25, 0.3) is 23.0 Å². The molecule has 0 bridgehead atoms. The summed E-state index contributed by atoms with van der Waals surface area (Å²) in [4.78, 5) is 14.5. The number of ether oxygens (including phenoxy) is 1. The summed E-state index contributed by atoms with van der Waals surface area (Å²) < 4.78 is 39.1. The standard InChI is InChI=1S/C25H24ClN3O5S3/c1-2-3-12-34-21-10-9-17(14-20(21)26)23-18(16-29(27-23)19-7-5-4-6-8-19)15-22-24(30)28(25(35)36-22)11-13-37(31,32)33/h4-10,14-16H,2-3,11-13H2,1H3,(H,31,32,33). The van der Waals surface area contributed by atoms with Crippen molar-refractivity contribution < 1.29 is 22.5 Å². The Morgan fingerprint density at radius 2 is 1.97 bits per heavy atom. The maximum Gasteiger partial charge on any atom is 0.266 e. The van der Waals surface area contributed by atoms with Gasteiger partial charge in [-0.1, -0.05) is 67.1 Å². The number of carbonyl (C=O) groups is 1. The van der Waals surface area contributed by atoms with E-state index < -0.39 is 21.8 Å². The summed E-state index contributed by atoms with van der Waals surface area (Å²) in [5.41, 5.74) is 2.80. The van der Waals surface area contributed by atoms with E-state index in [1.807, 2.05) is 36.4 Å². The molecule has 1 fully saturated rings. The molecule has 0 atom stereocenters. The van der Waals surface area contributed by atoms with Crippen molar-refractivity contribution in [2.24, 2.45) is 0 Å². The van der Waals surface area contributed by atoms with Crippen molar-refractivity contribution in [1.29, 1.82) is 0 Å². The fraction of sp³-hybridized carbons (Fsp3) is 0.240. The minimum absolute atomic E-state index is 0.216. The average molecular weight is 578 g/mol. The van der Waals surface area contributed by atoms with E-state index in [1.165, 1.54) is 4.90 Å². The first-order valence-electron chi connectivity index (χ1n) is 11.4. The first-order chi connectivity index (χ1) is 17.7. The largest absolute Gasteiger partial charge is 0.492 e. The number of hydrogen-bond donors (Lipinski definition) is 1. The number of para-hydroxylation sites is 1. The van der Waals surface area contributed by atoms with Crippen molar-refractivity contribution >= 4 is 62.0 Å². The summed E-state index contributed by atoms with van der Waals surface area (Å²) in [6, 6.07) is 15.0. The molecule has 0 saturated carbocycles. The second kappa shape index (κ2) is 11.8. The van der Waals surface area contributed by atoms with Crippen LogP contribution in [0.15, 0.2) is 59.6 Å². The summed E-state index contributed by atoms with van der Waals surface area (Å²) in [6.45, 7) is 2.43. The van der Waals surface area contributed by atoms with E-state index in [-0.39, 0.29) is 10.9 Å². The minimum atomic E-state index is -4.24. The van der Waals surface area contributed by atoms with Crippen LogP contribution in [0.2, 0.25) is 5.02 Å². The number of aromatic nitrogens is 2. The van der Waals surface area contributed by atoms with Crippen molar-refractivity contribution in [2.45, 2.75) is 19.8 Å². The number of benzene rings is 2. The second-order valence-electron chi connectivity index (χ2n) is 8.18. The number of amides is 1. The molecule has 1 aliphatic heterocycles. The first kappa shape index (κ1) is 27.3. The van der Waals surface area contributed by atoms with Gasteiger partial charge in [0.2, 0.25) is 0 Å². The Kier molecular flexibility index (Phi) is 8.71. The number of unbranched alkanes of at least 4 members (excludes halogenated alkanes) is 1. The fourth-order valence-corrected chi connectivity index (χ4v) is 5.51. The summed E-state index contributed by atoms with van der Waals surface area (Å²) in [6.07, 6.45) is 5.41. The molecule has 4 rings (SSSR count). The molecule has 194 valence electrons. The van der Waals surface area contributed by atoms with Gasteiger partial charge in [0, 0.05) is 23.9 Å². The number of nitrogens with zero attached hydrogens (tertiary/aromatic N) is 3. The third-order valence-electron chi connectivity index (χ3n) is 5.46. The van der Waals surface area contributed by atoms with Crippen molar-refractivity contribution in [3.8, 4) is 22.7 Å². The SMILES string of the molecule is CCCCOc1ccc(-c2nn(-c3ccccc3)cc2C=C2SC(=S)N(CCS(=O)(=O)O)C2=O)cc1Cl. The van der Waals surface area contributed by atoms with E-state index in [0.29, 0.717) is 33.5 Å². The molecule has 12 heteroatoms. The molecule has 2 heterocycles. The monoisotopic (exact) mass is 577 g/mol. The van der Waals surface area contributed by atoms with Gasteiger partial charge >= 0.3 is 0 Å².